The monoisotopic (exact) mass is 387 g/mol. The highest BCUT2D eigenvalue weighted by Gasteiger charge is 2.25. The van der Waals surface area contributed by atoms with Crippen LogP contribution in [-0.4, -0.2) is 38.6 Å². The maximum absolute atomic E-state index is 12.4. The molecule has 5 nitrogen and oxygen atoms in total. The van der Waals surface area contributed by atoms with Gasteiger partial charge in [0.15, 0.2) is 0 Å². The standard InChI is InChI=1S/C18H29NO4S2/c1-15-9-11-17(12-10-15)25(21,22)23-24(2,3)14-13-18(20)19-16-7-5-4-6-8-16/h9-12,16H,4-8,13-14H2,1-3H3,(H,19,20). The first-order valence-electron chi connectivity index (χ1n) is 8.71. The third-order valence-corrected chi connectivity index (χ3v) is 8.60. The molecule has 0 aliphatic heterocycles. The lowest BCUT2D eigenvalue weighted by Gasteiger charge is -2.30. The Hall–Kier alpha value is -1.05. The molecule has 0 bridgehead atoms. The van der Waals surface area contributed by atoms with Gasteiger partial charge in [0.2, 0.25) is 5.91 Å². The summed E-state index contributed by atoms with van der Waals surface area (Å²) in [7, 11) is -5.69. The second-order valence-electron chi connectivity index (χ2n) is 7.13. The average Bonchev–Trinajstić information content (AvgIpc) is 2.53. The molecule has 0 spiro atoms. The summed E-state index contributed by atoms with van der Waals surface area (Å²) in [4.78, 5) is 12.3. The summed E-state index contributed by atoms with van der Waals surface area (Å²) in [6, 6.07) is 6.87. The molecule has 1 N–H and O–H groups in total. The number of benzene rings is 1. The van der Waals surface area contributed by atoms with Crippen molar-refractivity contribution in [3.05, 3.63) is 29.8 Å². The van der Waals surface area contributed by atoms with E-state index in [1.807, 2.05) is 6.92 Å². The van der Waals surface area contributed by atoms with E-state index in [9.17, 15) is 13.2 Å². The fraction of sp³-hybridized carbons (Fsp3) is 0.611. The molecule has 0 aromatic heterocycles. The summed E-state index contributed by atoms with van der Waals surface area (Å²) < 4.78 is 30.3. The number of carbonyl (C=O) groups excluding carboxylic acids is 1. The first-order chi connectivity index (χ1) is 11.7. The Labute approximate surface area is 153 Å². The molecule has 142 valence electrons. The van der Waals surface area contributed by atoms with Crippen molar-refractivity contribution < 1.29 is 16.8 Å². The number of rotatable bonds is 7. The van der Waals surface area contributed by atoms with Crippen LogP contribution in [0.4, 0.5) is 0 Å². The van der Waals surface area contributed by atoms with Crippen molar-refractivity contribution in [1.82, 2.24) is 5.32 Å². The van der Waals surface area contributed by atoms with Crippen molar-refractivity contribution in [2.24, 2.45) is 0 Å². The fourth-order valence-electron chi connectivity index (χ4n) is 2.91. The Balaban J connectivity index is 1.87. The third-order valence-electron chi connectivity index (χ3n) is 4.37. The van der Waals surface area contributed by atoms with Crippen LogP contribution in [0, 0.1) is 6.92 Å². The first kappa shape index (κ1) is 20.3. The van der Waals surface area contributed by atoms with Crippen molar-refractivity contribution in [3.63, 3.8) is 0 Å². The van der Waals surface area contributed by atoms with Crippen molar-refractivity contribution in [2.75, 3.05) is 18.3 Å². The highest BCUT2D eigenvalue weighted by molar-refractivity contribution is 8.32. The quantitative estimate of drug-likeness (QED) is 0.777. The highest BCUT2D eigenvalue weighted by atomic mass is 32.3. The van der Waals surface area contributed by atoms with Crippen LogP contribution >= 0.6 is 10.3 Å². The summed E-state index contributed by atoms with van der Waals surface area (Å²) in [5, 5.41) is 3.06. The van der Waals surface area contributed by atoms with Gasteiger partial charge in [0, 0.05) is 18.2 Å². The summed E-state index contributed by atoms with van der Waals surface area (Å²) in [5.74, 6) is 0.417. The lowest BCUT2D eigenvalue weighted by atomic mass is 9.95. The topological polar surface area (TPSA) is 72.5 Å². The van der Waals surface area contributed by atoms with E-state index < -0.39 is 20.4 Å². The molecule has 1 aliphatic rings. The van der Waals surface area contributed by atoms with E-state index in [4.69, 9.17) is 3.63 Å². The summed E-state index contributed by atoms with van der Waals surface area (Å²) in [5.41, 5.74) is 0.991. The molecule has 1 aliphatic carbocycles. The van der Waals surface area contributed by atoms with Gasteiger partial charge in [-0.15, -0.1) is 10.3 Å². The molecule has 25 heavy (non-hydrogen) atoms. The molecular formula is C18H29NO4S2. The van der Waals surface area contributed by atoms with Gasteiger partial charge in [0.25, 0.3) is 0 Å². The van der Waals surface area contributed by atoms with Gasteiger partial charge < -0.3 is 5.32 Å². The Kier molecular flexibility index (Phi) is 6.93. The summed E-state index contributed by atoms with van der Waals surface area (Å²) >= 11 is 0. The molecule has 2 rings (SSSR count). The van der Waals surface area contributed by atoms with E-state index in [0.717, 1.165) is 18.4 Å². The van der Waals surface area contributed by atoms with Crippen LogP contribution in [0.5, 0.6) is 0 Å². The maximum atomic E-state index is 12.4. The van der Waals surface area contributed by atoms with E-state index in [1.54, 1.807) is 36.8 Å². The lowest BCUT2D eigenvalue weighted by Crippen LogP contribution is -2.36. The molecule has 1 aromatic rings. The van der Waals surface area contributed by atoms with E-state index in [-0.39, 0.29) is 16.8 Å². The van der Waals surface area contributed by atoms with Crippen LogP contribution < -0.4 is 5.32 Å². The predicted molar refractivity (Wildman–Crippen MR) is 103 cm³/mol. The van der Waals surface area contributed by atoms with Crippen LogP contribution in [-0.2, 0) is 18.5 Å². The van der Waals surface area contributed by atoms with Gasteiger partial charge in [0.05, 0.1) is 4.90 Å². The number of hydrogen-bond donors (Lipinski definition) is 1. The minimum absolute atomic E-state index is 0.0104. The minimum atomic E-state index is -3.80. The Morgan fingerprint density at radius 1 is 1.12 bits per heavy atom. The Morgan fingerprint density at radius 3 is 2.32 bits per heavy atom. The average molecular weight is 388 g/mol. The van der Waals surface area contributed by atoms with E-state index in [1.165, 1.54) is 19.3 Å². The Morgan fingerprint density at radius 2 is 1.72 bits per heavy atom. The molecular weight excluding hydrogens is 358 g/mol. The molecule has 1 aromatic carbocycles. The highest BCUT2D eigenvalue weighted by Crippen LogP contribution is 2.44. The maximum Gasteiger partial charge on any atom is 0.306 e. The first-order valence-corrected chi connectivity index (χ1v) is 12.7. The summed E-state index contributed by atoms with van der Waals surface area (Å²) in [6.07, 6.45) is 9.52. The molecule has 1 fully saturated rings. The molecule has 1 saturated carbocycles. The lowest BCUT2D eigenvalue weighted by molar-refractivity contribution is -0.121. The normalized spacial score (nSPS) is 17.2. The zero-order valence-corrected chi connectivity index (χ0v) is 16.9. The molecule has 0 saturated heterocycles. The van der Waals surface area contributed by atoms with Gasteiger partial charge in [-0.05, 0) is 44.4 Å². The summed E-state index contributed by atoms with van der Waals surface area (Å²) in [6.45, 7) is 1.90. The van der Waals surface area contributed by atoms with E-state index >= 15 is 0 Å². The van der Waals surface area contributed by atoms with Crippen LogP contribution in [0.3, 0.4) is 0 Å². The molecule has 7 heteroatoms. The van der Waals surface area contributed by atoms with E-state index in [0.29, 0.717) is 12.2 Å². The number of aryl methyl sites for hydroxylation is 1. The smallest absolute Gasteiger partial charge is 0.306 e. The Bertz CT molecular complexity index is 678. The second-order valence-corrected chi connectivity index (χ2v) is 12.3. The second kappa shape index (κ2) is 8.56. The molecule has 1 amide bonds. The van der Waals surface area contributed by atoms with Gasteiger partial charge in [-0.2, -0.15) is 8.42 Å². The van der Waals surface area contributed by atoms with E-state index in [2.05, 4.69) is 5.32 Å². The zero-order chi connectivity index (χ0) is 18.5. The molecule has 0 radical (unpaired) electrons. The SMILES string of the molecule is Cc1ccc(S(=O)(=O)OS(C)(C)CCC(=O)NC2CCCCC2)cc1. The molecule has 0 unspecified atom stereocenters. The minimum Gasteiger partial charge on any atom is -0.353 e. The van der Waals surface area contributed by atoms with Gasteiger partial charge in [-0.1, -0.05) is 37.0 Å². The van der Waals surface area contributed by atoms with Gasteiger partial charge in [-0.3, -0.25) is 4.79 Å². The van der Waals surface area contributed by atoms with Gasteiger partial charge in [0.1, 0.15) is 0 Å². The number of carbonyl (C=O) groups is 1. The predicted octanol–water partition coefficient (Wildman–Crippen LogP) is 3.52. The molecule has 0 atom stereocenters. The van der Waals surface area contributed by atoms with Gasteiger partial charge in [-0.25, -0.2) is 3.63 Å². The van der Waals surface area contributed by atoms with Crippen molar-refractivity contribution >= 4 is 26.3 Å². The number of amides is 1. The van der Waals surface area contributed by atoms with Crippen LogP contribution in [0.1, 0.15) is 44.1 Å². The third kappa shape index (κ3) is 6.64. The van der Waals surface area contributed by atoms with Crippen LogP contribution in [0.25, 0.3) is 0 Å². The van der Waals surface area contributed by atoms with Crippen molar-refractivity contribution in [1.29, 1.82) is 0 Å². The zero-order valence-electron chi connectivity index (χ0n) is 15.3. The van der Waals surface area contributed by atoms with Crippen LogP contribution in [0.2, 0.25) is 0 Å². The van der Waals surface area contributed by atoms with Crippen molar-refractivity contribution in [3.8, 4) is 0 Å². The number of nitrogens with one attached hydrogen (secondary N) is 1. The van der Waals surface area contributed by atoms with Crippen LogP contribution in [0.15, 0.2) is 29.2 Å². The largest absolute Gasteiger partial charge is 0.353 e. The fourth-order valence-corrected chi connectivity index (χ4v) is 6.58. The number of hydrogen-bond acceptors (Lipinski definition) is 4. The van der Waals surface area contributed by atoms with Crippen molar-refractivity contribution in [2.45, 2.75) is 56.4 Å². The molecule has 0 heterocycles. The van der Waals surface area contributed by atoms with Gasteiger partial charge >= 0.3 is 10.1 Å².